The molecule has 0 unspecified atom stereocenters. The fraction of sp³-hybridized carbons (Fsp3) is 0.421. The molecule has 8 nitrogen and oxygen atoms in total. The molecule has 1 atom stereocenters. The predicted octanol–water partition coefficient (Wildman–Crippen LogP) is 0.606. The summed E-state index contributed by atoms with van der Waals surface area (Å²) in [6.07, 6.45) is 0. The van der Waals surface area contributed by atoms with Gasteiger partial charge in [-0.3, -0.25) is 14.4 Å². The molecule has 1 aromatic heterocycles. The van der Waals surface area contributed by atoms with Crippen LogP contribution in [-0.4, -0.2) is 71.9 Å². The number of likely N-dealkylation sites (N-methyl/N-ethyl adjacent to an activating group) is 1. The summed E-state index contributed by atoms with van der Waals surface area (Å²) in [6, 6.07) is 6.79. The van der Waals surface area contributed by atoms with Gasteiger partial charge in [0.2, 0.25) is 11.8 Å². The minimum atomic E-state index is -0.681. The maximum absolute atomic E-state index is 13.1. The summed E-state index contributed by atoms with van der Waals surface area (Å²) in [5, 5.41) is 3.48. The number of benzene rings is 1. The number of nitrogens with one attached hydrogen (secondary N) is 1. The summed E-state index contributed by atoms with van der Waals surface area (Å²) in [7, 11) is 4.96. The van der Waals surface area contributed by atoms with Crippen molar-refractivity contribution >= 4 is 28.6 Å². The van der Waals surface area contributed by atoms with Gasteiger partial charge < -0.3 is 24.4 Å². The third kappa shape index (κ3) is 3.34. The second-order valence-electron chi connectivity index (χ2n) is 6.61. The number of hydrogen-bond acceptors (Lipinski definition) is 4. The van der Waals surface area contributed by atoms with Gasteiger partial charge in [0.15, 0.2) is 0 Å². The van der Waals surface area contributed by atoms with Crippen LogP contribution in [-0.2, 0) is 16.6 Å². The SMILES string of the molecule is CNC(=O)[C@@H]1CN(C(=O)c2cc3cc(OC)ccc3n2C)CCN1C(C)=O. The van der Waals surface area contributed by atoms with Gasteiger partial charge in [-0.25, -0.2) is 0 Å². The summed E-state index contributed by atoms with van der Waals surface area (Å²) >= 11 is 0. The molecular formula is C19H24N4O4. The number of methoxy groups -OCH3 is 1. The molecule has 1 fully saturated rings. The number of carbonyl (C=O) groups excluding carboxylic acids is 3. The van der Waals surface area contributed by atoms with E-state index in [9.17, 15) is 14.4 Å². The molecule has 0 aliphatic carbocycles. The van der Waals surface area contributed by atoms with E-state index in [1.54, 1.807) is 12.0 Å². The molecule has 0 saturated carbocycles. The molecule has 144 valence electrons. The summed E-state index contributed by atoms with van der Waals surface area (Å²) in [5.41, 5.74) is 1.45. The predicted molar refractivity (Wildman–Crippen MR) is 101 cm³/mol. The van der Waals surface area contributed by atoms with E-state index in [0.717, 1.165) is 16.7 Å². The molecule has 0 radical (unpaired) electrons. The van der Waals surface area contributed by atoms with E-state index >= 15 is 0 Å². The summed E-state index contributed by atoms with van der Waals surface area (Å²) in [5.74, 6) is 0.114. The molecule has 3 rings (SSSR count). The normalized spacial score (nSPS) is 17.1. The monoisotopic (exact) mass is 372 g/mol. The van der Waals surface area contributed by atoms with Crippen LogP contribution in [0.15, 0.2) is 24.3 Å². The van der Waals surface area contributed by atoms with Crippen molar-refractivity contribution in [3.05, 3.63) is 30.0 Å². The van der Waals surface area contributed by atoms with Crippen molar-refractivity contribution in [1.29, 1.82) is 0 Å². The van der Waals surface area contributed by atoms with Crippen LogP contribution >= 0.6 is 0 Å². The maximum atomic E-state index is 13.1. The number of aryl methyl sites for hydroxylation is 1. The van der Waals surface area contributed by atoms with Crippen LogP contribution in [0.1, 0.15) is 17.4 Å². The highest BCUT2D eigenvalue weighted by Gasteiger charge is 2.36. The van der Waals surface area contributed by atoms with Crippen LogP contribution in [0.4, 0.5) is 0 Å². The quantitative estimate of drug-likeness (QED) is 0.856. The van der Waals surface area contributed by atoms with Crippen LogP contribution in [0.2, 0.25) is 0 Å². The van der Waals surface area contributed by atoms with E-state index < -0.39 is 6.04 Å². The molecule has 2 heterocycles. The van der Waals surface area contributed by atoms with Gasteiger partial charge in [-0.15, -0.1) is 0 Å². The van der Waals surface area contributed by atoms with Crippen LogP contribution < -0.4 is 10.1 Å². The lowest BCUT2D eigenvalue weighted by Crippen LogP contribution is -2.61. The molecular weight excluding hydrogens is 348 g/mol. The van der Waals surface area contributed by atoms with Crippen molar-refractivity contribution in [2.24, 2.45) is 7.05 Å². The van der Waals surface area contributed by atoms with Gasteiger partial charge in [-0.2, -0.15) is 0 Å². The van der Waals surface area contributed by atoms with Crippen molar-refractivity contribution < 1.29 is 19.1 Å². The number of aromatic nitrogens is 1. The number of fused-ring (bicyclic) bond motifs is 1. The lowest BCUT2D eigenvalue weighted by Gasteiger charge is -2.39. The molecule has 1 N–H and O–H groups in total. The number of carbonyl (C=O) groups is 3. The van der Waals surface area contributed by atoms with E-state index in [1.807, 2.05) is 35.9 Å². The Bertz CT molecular complexity index is 904. The zero-order valence-corrected chi connectivity index (χ0v) is 16.0. The molecule has 0 spiro atoms. The smallest absolute Gasteiger partial charge is 0.270 e. The average molecular weight is 372 g/mol. The highest BCUT2D eigenvalue weighted by atomic mass is 16.5. The van der Waals surface area contributed by atoms with Crippen molar-refractivity contribution in [2.75, 3.05) is 33.8 Å². The fourth-order valence-corrected chi connectivity index (χ4v) is 3.56. The summed E-state index contributed by atoms with van der Waals surface area (Å²) in [4.78, 5) is 40.3. The van der Waals surface area contributed by atoms with E-state index in [4.69, 9.17) is 4.74 Å². The Balaban J connectivity index is 1.89. The number of nitrogens with zero attached hydrogens (tertiary/aromatic N) is 3. The van der Waals surface area contributed by atoms with Gasteiger partial charge in [0.1, 0.15) is 17.5 Å². The van der Waals surface area contributed by atoms with Gasteiger partial charge in [0, 0.05) is 45.0 Å². The molecule has 1 aliphatic rings. The Labute approximate surface area is 157 Å². The van der Waals surface area contributed by atoms with Crippen LogP contribution in [0.25, 0.3) is 10.9 Å². The van der Waals surface area contributed by atoms with Crippen LogP contribution in [0.3, 0.4) is 0 Å². The molecule has 1 aromatic carbocycles. The average Bonchev–Trinajstić information content (AvgIpc) is 3.01. The van der Waals surface area contributed by atoms with Crippen molar-refractivity contribution in [2.45, 2.75) is 13.0 Å². The van der Waals surface area contributed by atoms with E-state index in [2.05, 4.69) is 5.32 Å². The third-order valence-corrected chi connectivity index (χ3v) is 5.09. The molecule has 2 aromatic rings. The lowest BCUT2D eigenvalue weighted by atomic mass is 10.1. The second kappa shape index (κ2) is 7.30. The zero-order valence-electron chi connectivity index (χ0n) is 16.0. The number of rotatable bonds is 3. The van der Waals surface area contributed by atoms with Gasteiger partial charge >= 0.3 is 0 Å². The maximum Gasteiger partial charge on any atom is 0.270 e. The topological polar surface area (TPSA) is 83.9 Å². The molecule has 8 heteroatoms. The number of ether oxygens (including phenoxy) is 1. The number of piperazine rings is 1. The van der Waals surface area contributed by atoms with E-state index in [-0.39, 0.29) is 24.3 Å². The highest BCUT2D eigenvalue weighted by molar-refractivity contribution is 5.99. The molecule has 3 amide bonds. The first-order valence-corrected chi connectivity index (χ1v) is 8.79. The minimum Gasteiger partial charge on any atom is -0.497 e. The molecule has 1 saturated heterocycles. The van der Waals surface area contributed by atoms with Gasteiger partial charge in [0.05, 0.1) is 13.7 Å². The first kappa shape index (κ1) is 18.8. The van der Waals surface area contributed by atoms with Gasteiger partial charge in [-0.05, 0) is 24.3 Å². The van der Waals surface area contributed by atoms with Gasteiger partial charge in [-0.1, -0.05) is 0 Å². The molecule has 1 aliphatic heterocycles. The Morgan fingerprint density at radius 3 is 2.56 bits per heavy atom. The van der Waals surface area contributed by atoms with E-state index in [0.29, 0.717) is 18.8 Å². The first-order chi connectivity index (χ1) is 12.9. The lowest BCUT2D eigenvalue weighted by molar-refractivity contribution is -0.141. The van der Waals surface area contributed by atoms with Crippen molar-refractivity contribution in [1.82, 2.24) is 19.7 Å². The first-order valence-electron chi connectivity index (χ1n) is 8.79. The zero-order chi connectivity index (χ0) is 19.7. The van der Waals surface area contributed by atoms with Gasteiger partial charge in [0.25, 0.3) is 5.91 Å². The Morgan fingerprint density at radius 2 is 1.93 bits per heavy atom. The Morgan fingerprint density at radius 1 is 1.19 bits per heavy atom. The number of amides is 3. The van der Waals surface area contributed by atoms with Crippen molar-refractivity contribution in [3.8, 4) is 5.75 Å². The fourth-order valence-electron chi connectivity index (χ4n) is 3.56. The summed E-state index contributed by atoms with van der Waals surface area (Å²) in [6.45, 7) is 2.32. The van der Waals surface area contributed by atoms with Crippen molar-refractivity contribution in [3.63, 3.8) is 0 Å². The van der Waals surface area contributed by atoms with Crippen LogP contribution in [0.5, 0.6) is 5.75 Å². The number of hydrogen-bond donors (Lipinski definition) is 1. The third-order valence-electron chi connectivity index (χ3n) is 5.09. The second-order valence-corrected chi connectivity index (χ2v) is 6.61. The Kier molecular flexibility index (Phi) is 5.07. The molecule has 27 heavy (non-hydrogen) atoms. The largest absolute Gasteiger partial charge is 0.497 e. The highest BCUT2D eigenvalue weighted by Crippen LogP contribution is 2.25. The minimum absolute atomic E-state index is 0.162. The standard InChI is InChI=1S/C19H24N4O4/c1-12(24)23-8-7-22(11-17(23)18(25)20-2)19(26)16-10-13-9-14(27-4)5-6-15(13)21(16)3/h5-6,9-10,17H,7-8,11H2,1-4H3,(H,20,25)/t17-/m0/s1. The summed E-state index contributed by atoms with van der Waals surface area (Å²) < 4.78 is 7.09. The molecule has 0 bridgehead atoms. The Hall–Kier alpha value is -3.03. The van der Waals surface area contributed by atoms with E-state index in [1.165, 1.54) is 18.9 Å². The van der Waals surface area contributed by atoms with Crippen LogP contribution in [0, 0.1) is 0 Å².